The molecular weight excluding hydrogens is 858 g/mol. The second-order valence-corrected chi connectivity index (χ2v) is 15.0. The van der Waals surface area contributed by atoms with Crippen molar-refractivity contribution in [1.82, 2.24) is 29.4 Å². The molecule has 0 radical (unpaired) electrons. The Morgan fingerprint density at radius 2 is 1.27 bits per heavy atom. The van der Waals surface area contributed by atoms with E-state index in [2.05, 4.69) is 47.8 Å². The summed E-state index contributed by atoms with van der Waals surface area (Å²) in [6.07, 6.45) is 0. The number of hydrogen-bond acceptors (Lipinski definition) is 9. The number of anilines is 2. The Labute approximate surface area is 348 Å². The molecular formula is C37H41BrCl4N8O5. The summed E-state index contributed by atoms with van der Waals surface area (Å²) in [5.74, 6) is 5.85. The van der Waals surface area contributed by atoms with E-state index in [1.807, 2.05) is 47.1 Å². The van der Waals surface area contributed by atoms with Gasteiger partial charge in [-0.15, -0.1) is 0 Å². The fraction of sp³-hybridized carbons (Fsp3) is 0.405. The average Bonchev–Trinajstić information content (AvgIpc) is 3.60. The van der Waals surface area contributed by atoms with Crippen LogP contribution in [0.25, 0.3) is 0 Å². The van der Waals surface area contributed by atoms with Crippen molar-refractivity contribution >= 4 is 85.5 Å². The van der Waals surface area contributed by atoms with Crippen molar-refractivity contribution in [3.8, 4) is 17.6 Å². The fourth-order valence-corrected chi connectivity index (χ4v) is 7.30. The first-order valence-electron chi connectivity index (χ1n) is 17.3. The third-order valence-corrected chi connectivity index (χ3v) is 11.8. The Kier molecular flexibility index (Phi) is 15.0. The Morgan fingerprint density at radius 1 is 0.764 bits per heavy atom. The van der Waals surface area contributed by atoms with Gasteiger partial charge in [0.2, 0.25) is 11.8 Å². The van der Waals surface area contributed by atoms with E-state index in [9.17, 15) is 14.7 Å². The first kappa shape index (κ1) is 42.5. The number of rotatable bonds is 8. The van der Waals surface area contributed by atoms with Gasteiger partial charge in [-0.25, -0.2) is 0 Å². The molecule has 6 rings (SSSR count). The summed E-state index contributed by atoms with van der Waals surface area (Å²) < 4.78 is 9.01. The number of methoxy groups -OCH3 is 1. The molecule has 0 atom stereocenters. The molecule has 0 saturated carbocycles. The second kappa shape index (κ2) is 19.5. The van der Waals surface area contributed by atoms with Crippen molar-refractivity contribution in [2.75, 3.05) is 75.9 Å². The highest BCUT2D eigenvalue weighted by molar-refractivity contribution is 9.10. The van der Waals surface area contributed by atoms with Crippen LogP contribution in [0, 0.1) is 25.7 Å². The van der Waals surface area contributed by atoms with E-state index in [0.29, 0.717) is 86.7 Å². The van der Waals surface area contributed by atoms with E-state index in [1.54, 1.807) is 29.5 Å². The number of ether oxygens (including phenoxy) is 1. The van der Waals surface area contributed by atoms with Crippen LogP contribution in [0.15, 0.2) is 41.0 Å². The molecule has 13 nitrogen and oxygen atoms in total. The van der Waals surface area contributed by atoms with Gasteiger partial charge in [0.05, 0.1) is 40.2 Å². The number of carbonyl (C=O) groups is 2. The minimum atomic E-state index is -0.273. The predicted molar refractivity (Wildman–Crippen MR) is 219 cm³/mol. The molecule has 294 valence electrons. The van der Waals surface area contributed by atoms with E-state index in [-0.39, 0.29) is 38.1 Å². The quantitative estimate of drug-likeness (QED) is 0.226. The maximum absolute atomic E-state index is 12.7. The number of benzene rings is 2. The third-order valence-electron chi connectivity index (χ3n) is 9.41. The van der Waals surface area contributed by atoms with Crippen LogP contribution < -0.4 is 14.5 Å². The zero-order chi connectivity index (χ0) is 39.8. The molecule has 2 N–H and O–H groups in total. The van der Waals surface area contributed by atoms with E-state index in [0.717, 1.165) is 30.2 Å². The summed E-state index contributed by atoms with van der Waals surface area (Å²) >= 11 is 27.8. The summed E-state index contributed by atoms with van der Waals surface area (Å²) in [6.45, 7) is 8.88. The summed E-state index contributed by atoms with van der Waals surface area (Å²) in [4.78, 5) is 33.3. The van der Waals surface area contributed by atoms with Gasteiger partial charge in [0.15, 0.2) is 5.69 Å². The van der Waals surface area contributed by atoms with Gasteiger partial charge in [0.25, 0.3) is 0 Å². The lowest BCUT2D eigenvalue weighted by Crippen LogP contribution is -2.49. The highest BCUT2D eigenvalue weighted by Gasteiger charge is 2.25. The number of carbonyl (C=O) groups excluding carboxylic acids is 2. The van der Waals surface area contributed by atoms with E-state index in [1.165, 1.54) is 0 Å². The van der Waals surface area contributed by atoms with Gasteiger partial charge in [0.1, 0.15) is 30.0 Å². The van der Waals surface area contributed by atoms with Gasteiger partial charge in [0, 0.05) is 74.8 Å². The normalized spacial score (nSPS) is 14.3. The number of piperazine rings is 2. The maximum atomic E-state index is 12.7. The van der Waals surface area contributed by atoms with Crippen LogP contribution >= 0.6 is 62.3 Å². The Bertz CT molecular complexity index is 2070. The van der Waals surface area contributed by atoms with E-state index < -0.39 is 0 Å². The van der Waals surface area contributed by atoms with Crippen LogP contribution in [0.3, 0.4) is 0 Å². The van der Waals surface area contributed by atoms with Gasteiger partial charge in [-0.05, 0) is 71.6 Å². The standard InChI is InChI=1S/C20H22Cl2N4O3.C17H19BrCl2N4O2/c1-14-20(22)17(4-3-11-27)23-26(14)13-19(28)25-9-7-24(8-10-25)15-5-6-16(21)18(12-15)29-2;1-11-16(20)17(18)21-24(11)9-15(26)23-6-4-22(5-7-23)13-2-3-14(19)12(8-13)10-25/h5-6,12,27H,7-11,13H2,1-2H3;2-3,8,25H,4-7,9-10H2,1H3. The molecule has 2 fully saturated rings. The molecule has 4 aromatic rings. The van der Waals surface area contributed by atoms with Crippen molar-refractivity contribution in [3.05, 3.63) is 83.7 Å². The van der Waals surface area contributed by atoms with Gasteiger partial charge >= 0.3 is 0 Å². The zero-order valence-electron chi connectivity index (χ0n) is 30.5. The summed E-state index contributed by atoms with van der Waals surface area (Å²) in [7, 11) is 1.59. The fourth-order valence-electron chi connectivity index (χ4n) is 6.13. The molecule has 0 spiro atoms. The van der Waals surface area contributed by atoms with Crippen LogP contribution in [-0.4, -0.2) is 117 Å². The molecule has 2 aromatic carbocycles. The first-order valence-corrected chi connectivity index (χ1v) is 19.6. The Morgan fingerprint density at radius 3 is 1.76 bits per heavy atom. The lowest BCUT2D eigenvalue weighted by molar-refractivity contribution is -0.133. The van der Waals surface area contributed by atoms with Gasteiger partial charge in [-0.3, -0.25) is 19.0 Å². The van der Waals surface area contributed by atoms with Crippen molar-refractivity contribution in [2.24, 2.45) is 0 Å². The van der Waals surface area contributed by atoms with Crippen LogP contribution in [0.1, 0.15) is 22.6 Å². The van der Waals surface area contributed by atoms with Crippen LogP contribution in [0.4, 0.5) is 11.4 Å². The molecule has 2 aliphatic heterocycles. The summed E-state index contributed by atoms with van der Waals surface area (Å²) in [6, 6.07) is 11.3. The summed E-state index contributed by atoms with van der Waals surface area (Å²) in [5, 5.41) is 28.8. The van der Waals surface area contributed by atoms with Crippen molar-refractivity contribution < 1.29 is 24.5 Å². The molecule has 4 heterocycles. The summed E-state index contributed by atoms with van der Waals surface area (Å²) in [5.41, 5.74) is 4.54. The highest BCUT2D eigenvalue weighted by Crippen LogP contribution is 2.30. The Balaban J connectivity index is 0.000000212. The van der Waals surface area contributed by atoms with Gasteiger partial charge in [-0.1, -0.05) is 52.3 Å². The zero-order valence-corrected chi connectivity index (χ0v) is 35.1. The Hall–Kier alpha value is -3.68. The van der Waals surface area contributed by atoms with E-state index >= 15 is 0 Å². The predicted octanol–water partition coefficient (Wildman–Crippen LogP) is 5.30. The molecule has 2 saturated heterocycles. The monoisotopic (exact) mass is 896 g/mol. The first-order chi connectivity index (χ1) is 26.3. The van der Waals surface area contributed by atoms with Crippen molar-refractivity contribution in [3.63, 3.8) is 0 Å². The molecule has 18 heteroatoms. The smallest absolute Gasteiger partial charge is 0.244 e. The lowest BCUT2D eigenvalue weighted by Gasteiger charge is -2.36. The van der Waals surface area contributed by atoms with E-state index in [4.69, 9.17) is 56.2 Å². The average molecular weight is 900 g/mol. The lowest BCUT2D eigenvalue weighted by atomic mass is 10.1. The molecule has 0 aliphatic carbocycles. The second-order valence-electron chi connectivity index (χ2n) is 12.7. The molecule has 0 bridgehead atoms. The number of aliphatic hydroxyl groups is 2. The van der Waals surface area contributed by atoms with Gasteiger partial charge < -0.3 is 34.5 Å². The molecule has 2 amide bonds. The molecule has 55 heavy (non-hydrogen) atoms. The van der Waals surface area contributed by atoms with Gasteiger partial charge in [-0.2, -0.15) is 10.2 Å². The molecule has 2 aromatic heterocycles. The number of hydrogen-bond donors (Lipinski definition) is 2. The largest absolute Gasteiger partial charge is 0.495 e. The van der Waals surface area contributed by atoms with Crippen LogP contribution in [0.2, 0.25) is 20.1 Å². The van der Waals surface area contributed by atoms with Crippen molar-refractivity contribution in [1.29, 1.82) is 0 Å². The highest BCUT2D eigenvalue weighted by atomic mass is 79.9. The molecule has 0 unspecified atom stereocenters. The number of aromatic nitrogens is 4. The van der Waals surface area contributed by atoms with Crippen LogP contribution in [-0.2, 0) is 29.3 Å². The maximum Gasteiger partial charge on any atom is 0.244 e. The third kappa shape index (κ3) is 10.4. The van der Waals surface area contributed by atoms with Crippen LogP contribution in [0.5, 0.6) is 5.75 Å². The number of halogens is 5. The minimum Gasteiger partial charge on any atom is -0.495 e. The van der Waals surface area contributed by atoms with Crippen molar-refractivity contribution in [2.45, 2.75) is 33.5 Å². The number of amides is 2. The topological polar surface area (TPSA) is 132 Å². The molecule has 2 aliphatic rings. The SMILES string of the molecule is COc1cc(N2CCN(C(=O)Cn3nc(C#CCO)c(Cl)c3C)CC2)ccc1Cl.Cc1c(Cl)c(Br)nn1CC(=O)N1CCN(c2ccc(Cl)c(CO)c2)CC1. The number of nitrogens with zero attached hydrogens (tertiary/aromatic N) is 8. The number of aliphatic hydroxyl groups excluding tert-OH is 2. The minimum absolute atomic E-state index is 0.0200.